The van der Waals surface area contributed by atoms with E-state index >= 15 is 0 Å². The first-order valence-electron chi connectivity index (χ1n) is 3.98. The van der Waals surface area contributed by atoms with Crippen LogP contribution in [0.25, 0.3) is 0 Å². The van der Waals surface area contributed by atoms with Crippen LogP contribution in [-0.4, -0.2) is 0 Å². The maximum Gasteiger partial charge on any atom is 0.0658 e. The lowest BCUT2D eigenvalue weighted by Gasteiger charge is -2.26. The van der Waals surface area contributed by atoms with Crippen LogP contribution in [0.4, 0.5) is 0 Å². The van der Waals surface area contributed by atoms with E-state index in [0.717, 1.165) is 5.92 Å². The molecule has 10 heavy (non-hydrogen) atoms. The maximum atomic E-state index is 8.70. The van der Waals surface area contributed by atoms with Crippen LogP contribution in [0.5, 0.6) is 0 Å². The fourth-order valence-corrected chi connectivity index (χ4v) is 1.35. The van der Waals surface area contributed by atoms with Crippen LogP contribution >= 0.6 is 0 Å². The quantitative estimate of drug-likeness (QED) is 0.574. The van der Waals surface area contributed by atoms with Gasteiger partial charge in [-0.25, -0.2) is 0 Å². The molecule has 0 aliphatic heterocycles. The first-order chi connectivity index (χ1) is 4.59. The number of rotatable bonds is 2. The number of hydrogen-bond acceptors (Lipinski definition) is 1. The van der Waals surface area contributed by atoms with Crippen molar-refractivity contribution < 1.29 is 0 Å². The molecule has 0 aromatic heterocycles. The number of hydrogen-bond donors (Lipinski definition) is 0. The Balaban J connectivity index is 2.58. The highest BCUT2D eigenvalue weighted by atomic mass is 14.5. The highest BCUT2D eigenvalue weighted by molar-refractivity contribution is 4.98. The molecule has 1 unspecified atom stereocenters. The minimum atomic E-state index is 0.208. The van der Waals surface area contributed by atoms with Crippen molar-refractivity contribution in [3.8, 4) is 6.07 Å². The minimum Gasteiger partial charge on any atom is -0.198 e. The van der Waals surface area contributed by atoms with Gasteiger partial charge in [-0.05, 0) is 31.1 Å². The second kappa shape index (κ2) is 2.27. The minimum absolute atomic E-state index is 0.208. The summed E-state index contributed by atoms with van der Waals surface area (Å²) in [5, 5.41) is 8.70. The Labute approximate surface area is 63.0 Å². The van der Waals surface area contributed by atoms with Crippen LogP contribution in [0.15, 0.2) is 0 Å². The molecule has 1 saturated carbocycles. The molecular formula is C9H15N. The number of nitriles is 1. The molecule has 1 fully saturated rings. The van der Waals surface area contributed by atoms with E-state index in [1.807, 2.05) is 6.92 Å². The third kappa shape index (κ3) is 1.16. The van der Waals surface area contributed by atoms with Crippen molar-refractivity contribution in [3.63, 3.8) is 0 Å². The Morgan fingerprint density at radius 3 is 2.30 bits per heavy atom. The zero-order valence-electron chi connectivity index (χ0n) is 7.02. The Kier molecular flexibility index (Phi) is 1.72. The molecular weight excluding hydrogens is 122 g/mol. The van der Waals surface area contributed by atoms with E-state index in [0.29, 0.717) is 0 Å². The lowest BCUT2D eigenvalue weighted by Crippen LogP contribution is -2.22. The van der Waals surface area contributed by atoms with Crippen molar-refractivity contribution in [2.24, 2.45) is 17.3 Å². The van der Waals surface area contributed by atoms with Gasteiger partial charge in [-0.15, -0.1) is 0 Å². The molecule has 0 N–H and O–H groups in total. The molecule has 0 saturated heterocycles. The van der Waals surface area contributed by atoms with Crippen molar-refractivity contribution in [1.82, 2.24) is 0 Å². The molecule has 0 bridgehead atoms. The highest BCUT2D eigenvalue weighted by Gasteiger charge is 2.41. The summed E-state index contributed by atoms with van der Waals surface area (Å²) in [6, 6.07) is 2.33. The van der Waals surface area contributed by atoms with Gasteiger partial charge in [-0.2, -0.15) is 5.26 Å². The van der Waals surface area contributed by atoms with Gasteiger partial charge in [0.25, 0.3) is 0 Å². The Bertz CT molecular complexity index is 160. The molecule has 0 heterocycles. The Morgan fingerprint density at radius 2 is 2.00 bits per heavy atom. The van der Waals surface area contributed by atoms with Gasteiger partial charge in [-0.3, -0.25) is 0 Å². The van der Waals surface area contributed by atoms with Crippen molar-refractivity contribution in [1.29, 1.82) is 5.26 Å². The third-order valence-corrected chi connectivity index (χ3v) is 2.94. The average Bonchev–Trinajstić information content (AvgIpc) is 2.66. The predicted molar refractivity (Wildman–Crippen MR) is 41.3 cm³/mol. The van der Waals surface area contributed by atoms with E-state index in [-0.39, 0.29) is 11.3 Å². The van der Waals surface area contributed by atoms with Crippen LogP contribution in [0.3, 0.4) is 0 Å². The topological polar surface area (TPSA) is 23.8 Å². The molecule has 1 atom stereocenters. The zero-order valence-corrected chi connectivity index (χ0v) is 7.02. The molecule has 0 aromatic rings. The van der Waals surface area contributed by atoms with Gasteiger partial charge in [0.1, 0.15) is 0 Å². The van der Waals surface area contributed by atoms with E-state index < -0.39 is 0 Å². The molecule has 0 amide bonds. The molecule has 56 valence electrons. The van der Waals surface area contributed by atoms with Crippen LogP contribution in [-0.2, 0) is 0 Å². The maximum absolute atomic E-state index is 8.70. The van der Waals surface area contributed by atoms with Crippen LogP contribution < -0.4 is 0 Å². The van der Waals surface area contributed by atoms with Crippen molar-refractivity contribution in [2.45, 2.75) is 33.6 Å². The van der Waals surface area contributed by atoms with Gasteiger partial charge in [0.05, 0.1) is 6.07 Å². The monoisotopic (exact) mass is 137 g/mol. The molecule has 1 nitrogen and oxygen atoms in total. The summed E-state index contributed by atoms with van der Waals surface area (Å²) in [6.45, 7) is 6.44. The lowest BCUT2D eigenvalue weighted by molar-refractivity contribution is 0.238. The van der Waals surface area contributed by atoms with Gasteiger partial charge in [0.2, 0.25) is 0 Å². The Morgan fingerprint density at radius 1 is 1.50 bits per heavy atom. The standard InChI is InChI=1S/C9H15N/c1-7(6-10)9(2,3)8-4-5-8/h7-8H,4-5H2,1-3H3. The Hall–Kier alpha value is -0.510. The van der Waals surface area contributed by atoms with Crippen molar-refractivity contribution in [3.05, 3.63) is 0 Å². The van der Waals surface area contributed by atoms with Gasteiger partial charge in [0, 0.05) is 5.92 Å². The first kappa shape index (κ1) is 7.60. The normalized spacial score (nSPS) is 21.8. The first-order valence-corrected chi connectivity index (χ1v) is 3.98. The van der Waals surface area contributed by atoms with Gasteiger partial charge >= 0.3 is 0 Å². The van der Waals surface area contributed by atoms with Crippen LogP contribution in [0.2, 0.25) is 0 Å². The molecule has 0 radical (unpaired) electrons. The fourth-order valence-electron chi connectivity index (χ4n) is 1.35. The zero-order chi connectivity index (χ0) is 7.78. The van der Waals surface area contributed by atoms with E-state index in [1.165, 1.54) is 12.8 Å². The molecule has 1 aliphatic rings. The van der Waals surface area contributed by atoms with Gasteiger partial charge < -0.3 is 0 Å². The van der Waals surface area contributed by atoms with E-state index in [2.05, 4.69) is 19.9 Å². The summed E-state index contributed by atoms with van der Waals surface area (Å²) in [5.74, 6) is 1.03. The molecule has 0 aromatic carbocycles. The summed E-state index contributed by atoms with van der Waals surface area (Å²) in [6.07, 6.45) is 2.66. The molecule has 1 aliphatic carbocycles. The summed E-state index contributed by atoms with van der Waals surface area (Å²) in [5.41, 5.74) is 0.259. The van der Waals surface area contributed by atoms with Crippen molar-refractivity contribution in [2.75, 3.05) is 0 Å². The summed E-state index contributed by atoms with van der Waals surface area (Å²) in [7, 11) is 0. The van der Waals surface area contributed by atoms with Crippen molar-refractivity contribution >= 4 is 0 Å². The third-order valence-electron chi connectivity index (χ3n) is 2.94. The van der Waals surface area contributed by atoms with E-state index in [4.69, 9.17) is 5.26 Å². The highest BCUT2D eigenvalue weighted by Crippen LogP contribution is 2.49. The number of nitrogens with zero attached hydrogens (tertiary/aromatic N) is 1. The predicted octanol–water partition coefficient (Wildman–Crippen LogP) is 2.58. The van der Waals surface area contributed by atoms with Crippen LogP contribution in [0.1, 0.15) is 33.6 Å². The summed E-state index contributed by atoms with van der Waals surface area (Å²) in [4.78, 5) is 0. The largest absolute Gasteiger partial charge is 0.198 e. The average molecular weight is 137 g/mol. The van der Waals surface area contributed by atoms with E-state index in [1.54, 1.807) is 0 Å². The SMILES string of the molecule is CC(C#N)C(C)(C)C1CC1. The molecule has 0 spiro atoms. The molecule has 1 heteroatoms. The summed E-state index contributed by atoms with van der Waals surface area (Å²) < 4.78 is 0. The fraction of sp³-hybridized carbons (Fsp3) is 0.889. The summed E-state index contributed by atoms with van der Waals surface area (Å²) >= 11 is 0. The second-order valence-electron chi connectivity index (χ2n) is 3.95. The molecule has 1 rings (SSSR count). The van der Waals surface area contributed by atoms with Crippen LogP contribution in [0, 0.1) is 28.6 Å². The smallest absolute Gasteiger partial charge is 0.0658 e. The lowest BCUT2D eigenvalue weighted by atomic mass is 9.76. The van der Waals surface area contributed by atoms with E-state index in [9.17, 15) is 0 Å². The van der Waals surface area contributed by atoms with Gasteiger partial charge in [0.15, 0.2) is 0 Å². The second-order valence-corrected chi connectivity index (χ2v) is 3.95. The van der Waals surface area contributed by atoms with Gasteiger partial charge in [-0.1, -0.05) is 13.8 Å².